The molecule has 226 valence electrons. The molecule has 0 aliphatic heterocycles. The first-order chi connectivity index (χ1) is 18.0. The maximum Gasteiger partial charge on any atom is 0.307 e. The Kier molecular flexibility index (Phi) is 22.0. The van der Waals surface area contributed by atoms with E-state index in [0.29, 0.717) is 25.7 Å². The molecule has 2 unspecified atom stereocenters. The smallest absolute Gasteiger partial charge is 0.307 e. The van der Waals surface area contributed by atoms with E-state index < -0.39 is 23.4 Å². The minimum absolute atomic E-state index is 0.211. The van der Waals surface area contributed by atoms with Crippen molar-refractivity contribution in [1.82, 2.24) is 0 Å². The van der Waals surface area contributed by atoms with Gasteiger partial charge in [-0.1, -0.05) is 66.2 Å². The fraction of sp³-hybridized carbons (Fsp3) is 0.933. The van der Waals surface area contributed by atoms with Crippen LogP contribution < -0.4 is 0 Å². The summed E-state index contributed by atoms with van der Waals surface area (Å²) in [6.45, 7) is 15.8. The molecule has 0 N–H and O–H groups in total. The van der Waals surface area contributed by atoms with Crippen LogP contribution in [0.1, 0.15) is 132 Å². The second-order valence-electron chi connectivity index (χ2n) is 11.0. The van der Waals surface area contributed by atoms with Gasteiger partial charge in [-0.05, 0) is 64.9 Å². The van der Waals surface area contributed by atoms with Crippen molar-refractivity contribution < 1.29 is 28.8 Å². The molecule has 0 aliphatic carbocycles. The number of hydrogen-bond donors (Lipinski definition) is 0. The summed E-state index contributed by atoms with van der Waals surface area (Å²) in [6.07, 6.45) is 11.0. The quantitative estimate of drug-likeness (QED) is 0.0462. The predicted molar refractivity (Wildman–Crippen MR) is 163 cm³/mol. The second-order valence-corrected chi connectivity index (χ2v) is 13.4. The molecule has 0 aromatic heterocycles. The largest absolute Gasteiger partial charge is 0.459 e. The molecule has 0 aliphatic rings. The summed E-state index contributed by atoms with van der Waals surface area (Å²) < 4.78 is 11.5. The summed E-state index contributed by atoms with van der Waals surface area (Å²) in [5.74, 6) is 3.29. The van der Waals surface area contributed by atoms with Gasteiger partial charge in [0.2, 0.25) is 0 Å². The van der Waals surface area contributed by atoms with E-state index in [2.05, 4.69) is 13.8 Å². The van der Waals surface area contributed by atoms with Crippen LogP contribution in [0.3, 0.4) is 0 Å². The molecule has 0 amide bonds. The number of carbonyl (C=O) groups excluding carboxylic acids is 2. The van der Waals surface area contributed by atoms with Crippen LogP contribution in [0.15, 0.2) is 0 Å². The highest BCUT2D eigenvalue weighted by molar-refractivity contribution is 7.99. The first-order valence-electron chi connectivity index (χ1n) is 14.9. The molecule has 38 heavy (non-hydrogen) atoms. The van der Waals surface area contributed by atoms with Crippen LogP contribution in [0.25, 0.3) is 0 Å². The molecule has 0 bridgehead atoms. The van der Waals surface area contributed by atoms with Crippen LogP contribution in [-0.4, -0.2) is 58.4 Å². The molecule has 0 fully saturated rings. The molecule has 0 aromatic carbocycles. The summed E-state index contributed by atoms with van der Waals surface area (Å²) >= 11 is 3.62. The minimum Gasteiger partial charge on any atom is -0.459 e. The average Bonchev–Trinajstić information content (AvgIpc) is 2.88. The molecule has 0 rings (SSSR count). The highest BCUT2D eigenvalue weighted by atomic mass is 32.2. The monoisotopic (exact) mass is 578 g/mol. The Bertz CT molecular complexity index is 560. The van der Waals surface area contributed by atoms with Gasteiger partial charge in [-0.25, -0.2) is 9.78 Å². The van der Waals surface area contributed by atoms with Gasteiger partial charge in [-0.2, -0.15) is 23.5 Å². The van der Waals surface area contributed by atoms with Gasteiger partial charge in [0.1, 0.15) is 23.4 Å². The van der Waals surface area contributed by atoms with Crippen LogP contribution in [0.4, 0.5) is 0 Å². The van der Waals surface area contributed by atoms with Gasteiger partial charge in [0.25, 0.3) is 0 Å². The highest BCUT2D eigenvalue weighted by Gasteiger charge is 2.39. The lowest BCUT2D eigenvalue weighted by atomic mass is 9.98. The fourth-order valence-corrected chi connectivity index (χ4v) is 5.81. The highest BCUT2D eigenvalue weighted by Crippen LogP contribution is 2.28. The molecule has 6 nitrogen and oxygen atoms in total. The normalized spacial score (nSPS) is 13.8. The Balaban J connectivity index is 4.55. The molecule has 0 saturated carbocycles. The van der Waals surface area contributed by atoms with E-state index in [9.17, 15) is 9.59 Å². The molecule has 0 radical (unpaired) electrons. The zero-order valence-electron chi connectivity index (χ0n) is 25.7. The summed E-state index contributed by atoms with van der Waals surface area (Å²) in [4.78, 5) is 36.6. The third-order valence-electron chi connectivity index (χ3n) is 6.50. The number of thioether (sulfide) groups is 2. The lowest BCUT2D eigenvalue weighted by molar-refractivity contribution is -0.423. The predicted octanol–water partition coefficient (Wildman–Crippen LogP) is 8.54. The Morgan fingerprint density at radius 2 is 0.947 bits per heavy atom. The van der Waals surface area contributed by atoms with Crippen LogP contribution >= 0.6 is 23.5 Å². The van der Waals surface area contributed by atoms with E-state index in [1.807, 2.05) is 65.1 Å². The number of rotatable bonds is 25. The Hall–Kier alpha value is -0.440. The average molecular weight is 579 g/mol. The molecule has 0 spiro atoms. The number of esters is 2. The van der Waals surface area contributed by atoms with E-state index in [1.165, 1.54) is 51.4 Å². The summed E-state index contributed by atoms with van der Waals surface area (Å²) in [7, 11) is 0. The topological polar surface area (TPSA) is 71.1 Å². The zero-order valence-corrected chi connectivity index (χ0v) is 27.4. The Morgan fingerprint density at radius 3 is 1.26 bits per heavy atom. The first-order valence-corrected chi connectivity index (χ1v) is 17.3. The molecule has 0 heterocycles. The molecular weight excluding hydrogens is 520 g/mol. The summed E-state index contributed by atoms with van der Waals surface area (Å²) in [5, 5.41) is 0. The van der Waals surface area contributed by atoms with Crippen LogP contribution in [0.5, 0.6) is 0 Å². The standard InChI is InChI=1S/C30H58O6S2/c1-9-13-15-17-21-37-23-19-27(31)33-25(11-3)29(5,6)35-36-30(7,8)26(12-4)34-28(32)20-24-38-22-18-16-14-10-2/h25-26H,9-24H2,1-8H3. The van der Waals surface area contributed by atoms with Crippen LogP contribution in [0.2, 0.25) is 0 Å². The SMILES string of the molecule is CCCCCCSCCC(=O)OC(CC)C(C)(C)OOC(C)(C)C(CC)OC(=O)CCSCCCCCC. The van der Waals surface area contributed by atoms with E-state index in [-0.39, 0.29) is 11.9 Å². The van der Waals surface area contributed by atoms with E-state index in [0.717, 1.165) is 23.0 Å². The van der Waals surface area contributed by atoms with Gasteiger partial charge >= 0.3 is 11.9 Å². The van der Waals surface area contributed by atoms with Gasteiger partial charge in [0.05, 0.1) is 12.8 Å². The Morgan fingerprint density at radius 1 is 0.579 bits per heavy atom. The van der Waals surface area contributed by atoms with Crippen molar-refractivity contribution >= 4 is 35.5 Å². The third-order valence-corrected chi connectivity index (χ3v) is 8.64. The maximum atomic E-state index is 12.5. The number of ether oxygens (including phenoxy) is 2. The molecule has 0 saturated heterocycles. The minimum atomic E-state index is -0.855. The van der Waals surface area contributed by atoms with Gasteiger partial charge in [0, 0.05) is 11.5 Å². The number of unbranched alkanes of at least 4 members (excludes halogenated alkanes) is 6. The van der Waals surface area contributed by atoms with Crippen molar-refractivity contribution in [3.8, 4) is 0 Å². The van der Waals surface area contributed by atoms with Crippen LogP contribution in [0, 0.1) is 0 Å². The van der Waals surface area contributed by atoms with Gasteiger partial charge in [0.15, 0.2) is 0 Å². The maximum absolute atomic E-state index is 12.5. The summed E-state index contributed by atoms with van der Waals surface area (Å²) in [6, 6.07) is 0. The molecular formula is C30H58O6S2. The molecule has 2 atom stereocenters. The second kappa shape index (κ2) is 22.3. The fourth-order valence-electron chi connectivity index (χ4n) is 3.97. The van der Waals surface area contributed by atoms with Crippen molar-refractivity contribution in [3.05, 3.63) is 0 Å². The van der Waals surface area contributed by atoms with Gasteiger partial charge in [-0.3, -0.25) is 9.59 Å². The third kappa shape index (κ3) is 18.0. The van der Waals surface area contributed by atoms with Gasteiger partial charge in [-0.15, -0.1) is 0 Å². The van der Waals surface area contributed by atoms with Crippen molar-refractivity contribution in [3.63, 3.8) is 0 Å². The van der Waals surface area contributed by atoms with Gasteiger partial charge < -0.3 is 9.47 Å². The Labute approximate surface area is 242 Å². The first kappa shape index (κ1) is 37.6. The van der Waals surface area contributed by atoms with E-state index in [1.54, 1.807) is 0 Å². The van der Waals surface area contributed by atoms with Crippen molar-refractivity contribution in [2.24, 2.45) is 0 Å². The van der Waals surface area contributed by atoms with E-state index >= 15 is 0 Å². The summed E-state index contributed by atoms with van der Waals surface area (Å²) in [5.41, 5.74) is -1.71. The van der Waals surface area contributed by atoms with Crippen molar-refractivity contribution in [2.45, 2.75) is 156 Å². The van der Waals surface area contributed by atoms with Crippen molar-refractivity contribution in [1.29, 1.82) is 0 Å². The lowest BCUT2D eigenvalue weighted by Crippen LogP contribution is -2.48. The number of hydrogen-bond acceptors (Lipinski definition) is 8. The van der Waals surface area contributed by atoms with Crippen molar-refractivity contribution in [2.75, 3.05) is 23.0 Å². The molecule has 0 aromatic rings. The molecule has 8 heteroatoms. The van der Waals surface area contributed by atoms with Crippen LogP contribution in [-0.2, 0) is 28.8 Å². The zero-order chi connectivity index (χ0) is 28.9. The number of carbonyl (C=O) groups is 2. The van der Waals surface area contributed by atoms with E-state index in [4.69, 9.17) is 19.2 Å². The lowest BCUT2D eigenvalue weighted by Gasteiger charge is -2.37.